The molecular weight excluding hydrogens is 862 g/mol. The second kappa shape index (κ2) is 15.7. The molecule has 0 aliphatic heterocycles. The molecule has 0 fully saturated rings. The molecule has 56 heavy (non-hydrogen) atoms. The molecule has 8 aromatic rings. The number of nitrogens with one attached hydrogen (secondary N) is 3. The van der Waals surface area contributed by atoms with Gasteiger partial charge in [0.1, 0.15) is 11.2 Å². The van der Waals surface area contributed by atoms with Gasteiger partial charge in [0, 0.05) is 77.4 Å². The summed E-state index contributed by atoms with van der Waals surface area (Å²) < 4.78 is 4.02. The number of anilines is 3. The highest BCUT2D eigenvalue weighted by atomic mass is 79.9. The zero-order valence-electron chi connectivity index (χ0n) is 30.9. The summed E-state index contributed by atoms with van der Waals surface area (Å²) in [6, 6.07) is 50.6. The highest BCUT2D eigenvalue weighted by Crippen LogP contribution is 2.50. The molecule has 2 heterocycles. The summed E-state index contributed by atoms with van der Waals surface area (Å²) in [5.74, 6) is 0. The second-order valence-corrected chi connectivity index (χ2v) is 17.6. The van der Waals surface area contributed by atoms with Gasteiger partial charge >= 0.3 is 0 Å². The van der Waals surface area contributed by atoms with Crippen molar-refractivity contribution < 1.29 is 10.2 Å². The van der Waals surface area contributed by atoms with Crippen LogP contribution in [0, 0.1) is 0 Å². The second-order valence-electron chi connectivity index (χ2n) is 13.6. The highest BCUT2D eigenvalue weighted by Gasteiger charge is 2.38. The van der Waals surface area contributed by atoms with Gasteiger partial charge in [-0.05, 0) is 106 Å². The van der Waals surface area contributed by atoms with Crippen molar-refractivity contribution in [2.75, 3.05) is 37.1 Å². The van der Waals surface area contributed by atoms with Crippen LogP contribution in [0.15, 0.2) is 161 Å². The molecular formula is C47H39Br2N3O2S2. The predicted octanol–water partition coefficient (Wildman–Crippen LogP) is 12.5. The number of benzene rings is 6. The van der Waals surface area contributed by atoms with E-state index in [4.69, 9.17) is 0 Å². The molecule has 1 unspecified atom stereocenters. The van der Waals surface area contributed by atoms with Crippen molar-refractivity contribution in [1.82, 2.24) is 0 Å². The van der Waals surface area contributed by atoms with Crippen molar-refractivity contribution >= 4 is 81.0 Å². The van der Waals surface area contributed by atoms with Gasteiger partial charge in [-0.3, -0.25) is 0 Å². The average molecular weight is 902 g/mol. The van der Waals surface area contributed by atoms with Crippen molar-refractivity contribution in [2.24, 2.45) is 0 Å². The Kier molecular flexibility index (Phi) is 10.7. The number of fused-ring (bicyclic) bond motifs is 1. The number of hydrogen-bond acceptors (Lipinski definition) is 7. The molecule has 0 saturated carbocycles. The van der Waals surface area contributed by atoms with Crippen LogP contribution in [0.1, 0.15) is 33.4 Å². The molecule has 0 spiro atoms. The van der Waals surface area contributed by atoms with Crippen LogP contribution in [0.5, 0.6) is 0 Å². The maximum Gasteiger partial charge on any atom is 0.141 e. The lowest BCUT2D eigenvalue weighted by Gasteiger charge is -2.32. The summed E-state index contributed by atoms with van der Waals surface area (Å²) in [6.07, 6.45) is 0. The standard InChI is InChI=1S/C47H39Br2N3O2S2/c1-50-35-17-9-30(10-18-35)46(53,29-7-5-4-6-8-29)40-25-33(48)15-23-38(40)42-27-44-45(55-42)28-43(56-44)39-24-16-34(49)26-41(39)47(54,31-11-19-36(51-2)20-12-31)32-13-21-37(52-3)22-14-32/h4-28,50-54H,1-3H3. The number of aliphatic hydroxyl groups is 2. The average Bonchev–Trinajstić information content (AvgIpc) is 3.83. The molecule has 0 radical (unpaired) electrons. The number of hydrogen-bond donors (Lipinski definition) is 5. The Bertz CT molecular complexity index is 2560. The Labute approximate surface area is 352 Å². The first-order valence-electron chi connectivity index (χ1n) is 18.1. The molecule has 280 valence electrons. The summed E-state index contributed by atoms with van der Waals surface area (Å²) in [7, 11) is 5.67. The molecule has 0 amide bonds. The van der Waals surface area contributed by atoms with E-state index in [0.717, 1.165) is 89.7 Å². The Morgan fingerprint density at radius 2 is 0.768 bits per heavy atom. The fourth-order valence-corrected chi connectivity index (χ4v) is 10.6. The van der Waals surface area contributed by atoms with Crippen LogP contribution in [0.2, 0.25) is 0 Å². The summed E-state index contributed by atoms with van der Waals surface area (Å²) in [4.78, 5) is 2.11. The number of halogens is 2. The molecule has 5 N–H and O–H groups in total. The van der Waals surface area contributed by atoms with Crippen molar-refractivity contribution in [3.63, 3.8) is 0 Å². The minimum atomic E-state index is -1.46. The molecule has 0 aliphatic carbocycles. The van der Waals surface area contributed by atoms with Crippen LogP contribution < -0.4 is 16.0 Å². The lowest BCUT2D eigenvalue weighted by Crippen LogP contribution is -2.29. The van der Waals surface area contributed by atoms with E-state index in [9.17, 15) is 10.2 Å². The maximum atomic E-state index is 13.1. The van der Waals surface area contributed by atoms with Crippen LogP contribution in [0.4, 0.5) is 17.1 Å². The Balaban J connectivity index is 1.26. The lowest BCUT2D eigenvalue weighted by molar-refractivity contribution is 0.126. The Hall–Kier alpha value is -4.74. The van der Waals surface area contributed by atoms with Crippen LogP contribution >= 0.6 is 54.5 Å². The van der Waals surface area contributed by atoms with E-state index in [1.165, 1.54) is 0 Å². The molecule has 1 atom stereocenters. The summed E-state index contributed by atoms with van der Waals surface area (Å²) in [5.41, 5.74) is 6.60. The van der Waals surface area contributed by atoms with Gasteiger partial charge in [0.2, 0.25) is 0 Å². The van der Waals surface area contributed by atoms with Gasteiger partial charge in [-0.25, -0.2) is 0 Å². The maximum absolute atomic E-state index is 13.1. The fraction of sp³-hybridized carbons (Fsp3) is 0.106. The van der Waals surface area contributed by atoms with Crippen LogP contribution in [-0.2, 0) is 11.2 Å². The molecule has 2 aromatic heterocycles. The van der Waals surface area contributed by atoms with Gasteiger partial charge in [-0.1, -0.05) is 111 Å². The first-order valence-corrected chi connectivity index (χ1v) is 21.4. The quantitative estimate of drug-likeness (QED) is 0.0836. The number of thiophene rings is 2. The third-order valence-corrected chi connectivity index (χ3v) is 13.8. The predicted molar refractivity (Wildman–Crippen MR) is 245 cm³/mol. The van der Waals surface area contributed by atoms with Gasteiger partial charge in [0.05, 0.1) is 0 Å². The largest absolute Gasteiger partial charge is 0.388 e. The topological polar surface area (TPSA) is 76.5 Å². The third-order valence-electron chi connectivity index (χ3n) is 10.4. The van der Waals surface area contributed by atoms with Crippen LogP contribution in [-0.4, -0.2) is 31.4 Å². The van der Waals surface area contributed by atoms with E-state index in [2.05, 4.69) is 72.1 Å². The Morgan fingerprint density at radius 3 is 1.11 bits per heavy atom. The van der Waals surface area contributed by atoms with Crippen molar-refractivity contribution in [2.45, 2.75) is 11.2 Å². The third kappa shape index (κ3) is 6.87. The van der Waals surface area contributed by atoms with E-state index in [1.54, 1.807) is 22.7 Å². The fourth-order valence-electron chi connectivity index (χ4n) is 7.43. The molecule has 8 rings (SSSR count). The molecule has 0 saturated heterocycles. The molecule has 5 nitrogen and oxygen atoms in total. The smallest absolute Gasteiger partial charge is 0.141 e. The molecule has 0 aliphatic rings. The molecule has 0 bridgehead atoms. The van der Waals surface area contributed by atoms with E-state index in [-0.39, 0.29) is 0 Å². The zero-order valence-corrected chi connectivity index (χ0v) is 35.7. The minimum absolute atomic E-state index is 0.767. The normalized spacial score (nSPS) is 12.7. The highest BCUT2D eigenvalue weighted by molar-refractivity contribution is 9.10. The lowest BCUT2D eigenvalue weighted by atomic mass is 9.78. The van der Waals surface area contributed by atoms with Gasteiger partial charge in [0.25, 0.3) is 0 Å². The first-order chi connectivity index (χ1) is 27.1. The van der Waals surface area contributed by atoms with Crippen molar-refractivity contribution in [1.29, 1.82) is 0 Å². The summed E-state index contributed by atoms with van der Waals surface area (Å²) in [5, 5.41) is 35.7. The number of rotatable bonds is 11. The van der Waals surface area contributed by atoms with Crippen LogP contribution in [0.3, 0.4) is 0 Å². The zero-order chi connectivity index (χ0) is 39.0. The van der Waals surface area contributed by atoms with E-state index in [1.807, 2.05) is 149 Å². The van der Waals surface area contributed by atoms with E-state index < -0.39 is 11.2 Å². The summed E-state index contributed by atoms with van der Waals surface area (Å²) in [6.45, 7) is 0. The molecule has 9 heteroatoms. The van der Waals surface area contributed by atoms with E-state index in [0.29, 0.717) is 0 Å². The monoisotopic (exact) mass is 899 g/mol. The molecule has 6 aromatic carbocycles. The van der Waals surface area contributed by atoms with Gasteiger partial charge < -0.3 is 26.2 Å². The van der Waals surface area contributed by atoms with Gasteiger partial charge in [0.15, 0.2) is 0 Å². The summed E-state index contributed by atoms with van der Waals surface area (Å²) >= 11 is 10.9. The van der Waals surface area contributed by atoms with Crippen molar-refractivity contribution in [3.8, 4) is 20.9 Å². The Morgan fingerprint density at radius 1 is 0.429 bits per heavy atom. The van der Waals surface area contributed by atoms with Gasteiger partial charge in [-0.15, -0.1) is 22.7 Å². The first kappa shape index (κ1) is 38.1. The SMILES string of the molecule is CNc1ccc(C(O)(c2ccccc2)c2cc(Br)ccc2-c2cc3sc(-c4ccc(Br)cc4C(O)(c4ccc(NC)cc4)c4ccc(NC)cc4)cc3s2)cc1. The van der Waals surface area contributed by atoms with Gasteiger partial charge in [-0.2, -0.15) is 0 Å². The van der Waals surface area contributed by atoms with Crippen molar-refractivity contribution in [3.05, 3.63) is 194 Å². The van der Waals surface area contributed by atoms with Crippen LogP contribution in [0.25, 0.3) is 30.3 Å². The van der Waals surface area contributed by atoms with E-state index >= 15 is 0 Å². The minimum Gasteiger partial charge on any atom is -0.388 e.